The Balaban J connectivity index is 1.66. The first-order valence-electron chi connectivity index (χ1n) is 7.08. The van der Waals surface area contributed by atoms with Gasteiger partial charge in [0.15, 0.2) is 0 Å². The van der Waals surface area contributed by atoms with Crippen LogP contribution in [-0.4, -0.2) is 38.3 Å². The lowest BCUT2D eigenvalue weighted by Gasteiger charge is -2.28. The van der Waals surface area contributed by atoms with Crippen LogP contribution in [0.5, 0.6) is 0 Å². The summed E-state index contributed by atoms with van der Waals surface area (Å²) in [5.41, 5.74) is 1.85. The summed E-state index contributed by atoms with van der Waals surface area (Å²) in [4.78, 5) is 14.2. The van der Waals surface area contributed by atoms with Crippen LogP contribution in [0.1, 0.15) is 29.6 Å². The largest absolute Gasteiger partial charge is 0.378 e. The van der Waals surface area contributed by atoms with Gasteiger partial charge in [-0.3, -0.25) is 4.79 Å². The highest BCUT2D eigenvalue weighted by Crippen LogP contribution is 2.23. The molecule has 0 radical (unpaired) electrons. The Hall–Kier alpha value is -1.55. The number of benzene rings is 1. The van der Waals surface area contributed by atoms with Gasteiger partial charge < -0.3 is 15.0 Å². The molecule has 1 N–H and O–H groups in total. The number of rotatable bonds is 4. The Kier molecular flexibility index (Phi) is 3.69. The standard InChI is InChI=1S/C15H20N2O2/c18-15-13-5-1-2-6-14(13)17(10-8-16-15)9-3-4-12-7-11-19-12/h1-2,5-6,12H,3-4,7-11H2,(H,16,18). The molecular weight excluding hydrogens is 240 g/mol. The highest BCUT2D eigenvalue weighted by molar-refractivity contribution is 6.00. The molecule has 0 aliphatic carbocycles. The maximum atomic E-state index is 11.9. The van der Waals surface area contributed by atoms with E-state index in [-0.39, 0.29) is 5.91 Å². The van der Waals surface area contributed by atoms with Crippen molar-refractivity contribution < 1.29 is 9.53 Å². The fourth-order valence-electron chi connectivity index (χ4n) is 2.72. The number of hydrogen-bond donors (Lipinski definition) is 1. The highest BCUT2D eigenvalue weighted by Gasteiger charge is 2.21. The van der Waals surface area contributed by atoms with Crippen LogP contribution in [0.15, 0.2) is 24.3 Å². The SMILES string of the molecule is O=C1NCCN(CCCC2CCO2)c2ccccc21. The van der Waals surface area contributed by atoms with E-state index in [1.54, 1.807) is 0 Å². The molecule has 1 aromatic carbocycles. The van der Waals surface area contributed by atoms with Gasteiger partial charge in [-0.1, -0.05) is 12.1 Å². The van der Waals surface area contributed by atoms with Crippen LogP contribution >= 0.6 is 0 Å². The van der Waals surface area contributed by atoms with E-state index >= 15 is 0 Å². The summed E-state index contributed by atoms with van der Waals surface area (Å²) >= 11 is 0. The number of carbonyl (C=O) groups excluding carboxylic acids is 1. The molecule has 4 nitrogen and oxygen atoms in total. The van der Waals surface area contributed by atoms with E-state index in [1.165, 1.54) is 6.42 Å². The molecular formula is C15H20N2O2. The van der Waals surface area contributed by atoms with Crippen molar-refractivity contribution in [2.45, 2.75) is 25.4 Å². The first-order valence-corrected chi connectivity index (χ1v) is 7.08. The van der Waals surface area contributed by atoms with Crippen LogP contribution in [0.4, 0.5) is 5.69 Å². The van der Waals surface area contributed by atoms with Crippen molar-refractivity contribution in [3.05, 3.63) is 29.8 Å². The number of amides is 1. The third kappa shape index (κ3) is 2.73. The topological polar surface area (TPSA) is 41.6 Å². The second-order valence-electron chi connectivity index (χ2n) is 5.18. The smallest absolute Gasteiger partial charge is 0.253 e. The van der Waals surface area contributed by atoms with E-state index in [2.05, 4.69) is 10.2 Å². The summed E-state index contributed by atoms with van der Waals surface area (Å²) in [5.74, 6) is 0.0421. The Morgan fingerprint density at radius 3 is 3.00 bits per heavy atom. The molecule has 2 aliphatic heterocycles. The molecule has 0 saturated carbocycles. The molecule has 0 aromatic heterocycles. The van der Waals surface area contributed by atoms with Crippen LogP contribution in [0.2, 0.25) is 0 Å². The minimum Gasteiger partial charge on any atom is -0.378 e. The van der Waals surface area contributed by atoms with E-state index in [1.807, 2.05) is 24.3 Å². The number of anilines is 1. The molecule has 4 heteroatoms. The Morgan fingerprint density at radius 2 is 2.21 bits per heavy atom. The average Bonchev–Trinajstić information content (AvgIpc) is 2.53. The van der Waals surface area contributed by atoms with E-state index in [0.717, 1.165) is 43.8 Å². The molecule has 1 saturated heterocycles. The van der Waals surface area contributed by atoms with Gasteiger partial charge in [0.05, 0.1) is 11.7 Å². The molecule has 2 heterocycles. The predicted octanol–water partition coefficient (Wildman–Crippen LogP) is 1.81. The summed E-state index contributed by atoms with van der Waals surface area (Å²) in [6, 6.07) is 7.86. The molecule has 2 aliphatic rings. The van der Waals surface area contributed by atoms with E-state index < -0.39 is 0 Å². The van der Waals surface area contributed by atoms with Crippen molar-refractivity contribution in [1.82, 2.24) is 5.32 Å². The second-order valence-corrected chi connectivity index (χ2v) is 5.18. The number of ether oxygens (including phenoxy) is 1. The average molecular weight is 260 g/mol. The Labute approximate surface area is 113 Å². The van der Waals surface area contributed by atoms with Gasteiger partial charge in [0.1, 0.15) is 0 Å². The lowest BCUT2D eigenvalue weighted by Crippen LogP contribution is -2.32. The number of para-hydroxylation sites is 1. The molecule has 1 aromatic rings. The molecule has 19 heavy (non-hydrogen) atoms. The van der Waals surface area contributed by atoms with E-state index in [4.69, 9.17) is 4.74 Å². The van der Waals surface area contributed by atoms with Crippen LogP contribution in [0.3, 0.4) is 0 Å². The van der Waals surface area contributed by atoms with Crippen molar-refractivity contribution in [3.8, 4) is 0 Å². The predicted molar refractivity (Wildman–Crippen MR) is 74.6 cm³/mol. The van der Waals surface area contributed by atoms with E-state index in [9.17, 15) is 4.79 Å². The molecule has 1 fully saturated rings. The Morgan fingerprint density at radius 1 is 1.37 bits per heavy atom. The zero-order valence-electron chi connectivity index (χ0n) is 11.1. The van der Waals surface area contributed by atoms with Gasteiger partial charge in [0.25, 0.3) is 5.91 Å². The molecule has 0 bridgehead atoms. The summed E-state index contributed by atoms with van der Waals surface area (Å²) in [6.45, 7) is 3.52. The second kappa shape index (κ2) is 5.61. The van der Waals surface area contributed by atoms with Crippen LogP contribution in [0, 0.1) is 0 Å². The monoisotopic (exact) mass is 260 g/mol. The maximum absolute atomic E-state index is 11.9. The van der Waals surface area contributed by atoms with Gasteiger partial charge in [-0.2, -0.15) is 0 Å². The van der Waals surface area contributed by atoms with Crippen molar-refractivity contribution >= 4 is 11.6 Å². The molecule has 3 rings (SSSR count). The third-order valence-electron chi connectivity index (χ3n) is 3.90. The summed E-state index contributed by atoms with van der Waals surface area (Å²) < 4.78 is 5.45. The summed E-state index contributed by atoms with van der Waals surface area (Å²) in [5, 5.41) is 2.95. The van der Waals surface area contributed by atoms with E-state index in [0.29, 0.717) is 12.6 Å². The zero-order chi connectivity index (χ0) is 13.1. The molecule has 0 spiro atoms. The van der Waals surface area contributed by atoms with Gasteiger partial charge in [0.2, 0.25) is 0 Å². The lowest BCUT2D eigenvalue weighted by molar-refractivity contribution is -0.0550. The van der Waals surface area contributed by atoms with Crippen LogP contribution in [-0.2, 0) is 4.74 Å². The van der Waals surface area contributed by atoms with Crippen molar-refractivity contribution in [2.75, 3.05) is 31.1 Å². The van der Waals surface area contributed by atoms with Crippen LogP contribution < -0.4 is 10.2 Å². The first-order chi connectivity index (χ1) is 9.34. The minimum atomic E-state index is 0.0421. The van der Waals surface area contributed by atoms with Crippen molar-refractivity contribution in [1.29, 1.82) is 0 Å². The molecule has 102 valence electrons. The first kappa shape index (κ1) is 12.5. The number of nitrogens with zero attached hydrogens (tertiary/aromatic N) is 1. The van der Waals surface area contributed by atoms with Gasteiger partial charge in [-0.25, -0.2) is 0 Å². The number of hydrogen-bond acceptors (Lipinski definition) is 3. The van der Waals surface area contributed by atoms with Crippen molar-refractivity contribution in [2.24, 2.45) is 0 Å². The fourth-order valence-corrected chi connectivity index (χ4v) is 2.72. The normalized spacial score (nSPS) is 22.2. The zero-order valence-corrected chi connectivity index (χ0v) is 11.1. The lowest BCUT2D eigenvalue weighted by atomic mass is 10.1. The maximum Gasteiger partial charge on any atom is 0.253 e. The fraction of sp³-hybridized carbons (Fsp3) is 0.533. The molecule has 1 atom stereocenters. The molecule has 1 unspecified atom stereocenters. The highest BCUT2D eigenvalue weighted by atomic mass is 16.5. The number of nitrogens with one attached hydrogen (secondary N) is 1. The van der Waals surface area contributed by atoms with Gasteiger partial charge >= 0.3 is 0 Å². The Bertz CT molecular complexity index is 457. The number of carbonyl (C=O) groups is 1. The number of fused-ring (bicyclic) bond motifs is 1. The van der Waals surface area contributed by atoms with Gasteiger partial charge in [-0.15, -0.1) is 0 Å². The quantitative estimate of drug-likeness (QED) is 0.897. The summed E-state index contributed by atoms with van der Waals surface area (Å²) in [6.07, 6.45) is 3.92. The van der Waals surface area contributed by atoms with Gasteiger partial charge in [0, 0.05) is 31.9 Å². The third-order valence-corrected chi connectivity index (χ3v) is 3.90. The van der Waals surface area contributed by atoms with Crippen molar-refractivity contribution in [3.63, 3.8) is 0 Å². The summed E-state index contributed by atoms with van der Waals surface area (Å²) in [7, 11) is 0. The molecule has 1 amide bonds. The van der Waals surface area contributed by atoms with Gasteiger partial charge in [-0.05, 0) is 31.4 Å². The minimum absolute atomic E-state index is 0.0421. The van der Waals surface area contributed by atoms with Crippen LogP contribution in [0.25, 0.3) is 0 Å².